The Morgan fingerprint density at radius 3 is 3.13 bits per heavy atom. The van der Waals surface area contributed by atoms with Gasteiger partial charge in [-0.3, -0.25) is 15.8 Å². The molecule has 0 radical (unpaired) electrons. The summed E-state index contributed by atoms with van der Waals surface area (Å²) in [4.78, 5) is 4.21. The maximum atomic E-state index is 4.21. The summed E-state index contributed by atoms with van der Waals surface area (Å²) in [7, 11) is 0. The largest absolute Gasteiger partial charge is 0.264 e. The highest BCUT2D eigenvalue weighted by Gasteiger charge is 2.41. The lowest BCUT2D eigenvalue weighted by atomic mass is 9.92. The van der Waals surface area contributed by atoms with Gasteiger partial charge in [-0.05, 0) is 43.2 Å². The van der Waals surface area contributed by atoms with Crippen molar-refractivity contribution in [1.82, 2.24) is 15.8 Å². The van der Waals surface area contributed by atoms with E-state index in [1.807, 2.05) is 18.5 Å². The highest BCUT2D eigenvalue weighted by Crippen LogP contribution is 2.43. The van der Waals surface area contributed by atoms with Crippen molar-refractivity contribution >= 4 is 0 Å². The van der Waals surface area contributed by atoms with Gasteiger partial charge in [0.05, 0.1) is 0 Å². The van der Waals surface area contributed by atoms with Gasteiger partial charge in [0.15, 0.2) is 0 Å². The minimum Gasteiger partial charge on any atom is -0.264 e. The first-order chi connectivity index (χ1) is 7.38. The Morgan fingerprint density at radius 1 is 1.40 bits per heavy atom. The first-order valence-corrected chi connectivity index (χ1v) is 5.78. The van der Waals surface area contributed by atoms with Gasteiger partial charge in [0.1, 0.15) is 0 Å². The second-order valence-electron chi connectivity index (χ2n) is 4.81. The van der Waals surface area contributed by atoms with Crippen molar-refractivity contribution < 1.29 is 0 Å². The highest BCUT2D eigenvalue weighted by molar-refractivity contribution is 5.19. The van der Waals surface area contributed by atoms with E-state index in [2.05, 4.69) is 21.9 Å². The summed E-state index contributed by atoms with van der Waals surface area (Å²) in [5.74, 6) is 0.700. The molecule has 3 nitrogen and oxygen atoms in total. The Kier molecular flexibility index (Phi) is 2.22. The summed E-state index contributed by atoms with van der Waals surface area (Å²) in [6.45, 7) is 1.11. The monoisotopic (exact) mass is 203 g/mol. The molecule has 2 aliphatic rings. The van der Waals surface area contributed by atoms with E-state index in [0.29, 0.717) is 11.5 Å². The fraction of sp³-hybridized carbons (Fsp3) is 0.583. The second-order valence-corrected chi connectivity index (χ2v) is 4.81. The molecule has 1 aromatic rings. The molecule has 0 aromatic carbocycles. The van der Waals surface area contributed by atoms with Crippen LogP contribution in [-0.4, -0.2) is 17.1 Å². The van der Waals surface area contributed by atoms with Gasteiger partial charge < -0.3 is 0 Å². The van der Waals surface area contributed by atoms with E-state index in [0.717, 1.165) is 6.54 Å². The summed E-state index contributed by atoms with van der Waals surface area (Å²) >= 11 is 0. The topological polar surface area (TPSA) is 37.0 Å². The molecular formula is C12H17N3. The highest BCUT2D eigenvalue weighted by atomic mass is 15.4. The zero-order chi connectivity index (χ0) is 10.1. The van der Waals surface area contributed by atoms with Crippen LogP contribution < -0.4 is 10.9 Å². The average Bonchev–Trinajstić information content (AvgIpc) is 2.91. The Balaban J connectivity index is 1.76. The molecule has 2 unspecified atom stereocenters. The van der Waals surface area contributed by atoms with Gasteiger partial charge in [0.25, 0.3) is 0 Å². The van der Waals surface area contributed by atoms with Gasteiger partial charge in [0.2, 0.25) is 0 Å². The maximum Gasteiger partial charge on any atom is 0.0342 e. The molecule has 2 heterocycles. The average molecular weight is 203 g/mol. The standard InChI is InChI=1S/C12H17N3/c1-2-11(9-13-6-1)10-3-4-12(8-10)5-7-14-15-12/h1-2,6,9-10,14-15H,3-5,7-8H2. The molecule has 80 valence electrons. The van der Waals surface area contributed by atoms with Crippen molar-refractivity contribution in [2.45, 2.75) is 37.1 Å². The number of hydrogen-bond acceptors (Lipinski definition) is 3. The van der Waals surface area contributed by atoms with Crippen LogP contribution in [0.15, 0.2) is 24.5 Å². The number of hydrazine groups is 1. The number of pyridine rings is 1. The van der Waals surface area contributed by atoms with E-state index in [9.17, 15) is 0 Å². The van der Waals surface area contributed by atoms with E-state index in [1.165, 1.54) is 31.2 Å². The summed E-state index contributed by atoms with van der Waals surface area (Å²) in [5.41, 5.74) is 8.50. The first kappa shape index (κ1) is 9.31. The number of nitrogens with one attached hydrogen (secondary N) is 2. The van der Waals surface area contributed by atoms with Crippen molar-refractivity contribution in [2.24, 2.45) is 0 Å². The number of hydrogen-bond donors (Lipinski definition) is 2. The van der Waals surface area contributed by atoms with Gasteiger partial charge in [0, 0.05) is 24.5 Å². The van der Waals surface area contributed by atoms with Crippen LogP contribution >= 0.6 is 0 Å². The lowest BCUT2D eigenvalue weighted by Gasteiger charge is -2.22. The predicted molar refractivity (Wildman–Crippen MR) is 59.3 cm³/mol. The van der Waals surface area contributed by atoms with Gasteiger partial charge in [-0.15, -0.1) is 0 Å². The molecule has 1 saturated carbocycles. The van der Waals surface area contributed by atoms with Gasteiger partial charge in [-0.2, -0.15) is 0 Å². The molecule has 1 aliphatic heterocycles. The van der Waals surface area contributed by atoms with Gasteiger partial charge in [-0.25, -0.2) is 0 Å². The van der Waals surface area contributed by atoms with Crippen LogP contribution in [0.3, 0.4) is 0 Å². The summed E-state index contributed by atoms with van der Waals surface area (Å²) in [6.07, 6.45) is 8.98. The van der Waals surface area contributed by atoms with Crippen molar-refractivity contribution in [1.29, 1.82) is 0 Å². The lowest BCUT2D eigenvalue weighted by Crippen LogP contribution is -2.41. The molecule has 1 aromatic heterocycles. The summed E-state index contributed by atoms with van der Waals surface area (Å²) in [5, 5.41) is 0. The van der Waals surface area contributed by atoms with E-state index in [4.69, 9.17) is 0 Å². The van der Waals surface area contributed by atoms with Crippen LogP contribution in [-0.2, 0) is 0 Å². The molecule has 1 saturated heterocycles. The third kappa shape index (κ3) is 1.66. The Labute approximate surface area is 90.3 Å². The Hall–Kier alpha value is -0.930. The normalized spacial score (nSPS) is 35.1. The molecule has 15 heavy (non-hydrogen) atoms. The molecule has 1 aliphatic carbocycles. The van der Waals surface area contributed by atoms with E-state index >= 15 is 0 Å². The molecule has 1 spiro atoms. The molecule has 3 rings (SSSR count). The predicted octanol–water partition coefficient (Wildman–Crippen LogP) is 1.59. The van der Waals surface area contributed by atoms with Crippen molar-refractivity contribution in [3.05, 3.63) is 30.1 Å². The van der Waals surface area contributed by atoms with E-state index in [-0.39, 0.29) is 0 Å². The quantitative estimate of drug-likeness (QED) is 0.727. The molecule has 2 atom stereocenters. The van der Waals surface area contributed by atoms with Crippen LogP contribution in [0.2, 0.25) is 0 Å². The first-order valence-electron chi connectivity index (χ1n) is 5.78. The van der Waals surface area contributed by atoms with Crippen molar-refractivity contribution in [2.75, 3.05) is 6.54 Å². The van der Waals surface area contributed by atoms with Crippen LogP contribution in [0, 0.1) is 0 Å². The zero-order valence-electron chi connectivity index (χ0n) is 8.87. The van der Waals surface area contributed by atoms with Crippen LogP contribution in [0.25, 0.3) is 0 Å². The maximum absolute atomic E-state index is 4.21. The SMILES string of the molecule is c1cncc(C2CCC3(CCNN3)C2)c1. The van der Waals surface area contributed by atoms with Crippen LogP contribution in [0.4, 0.5) is 0 Å². The van der Waals surface area contributed by atoms with Crippen molar-refractivity contribution in [3.8, 4) is 0 Å². The third-order valence-electron chi connectivity index (χ3n) is 3.85. The third-order valence-corrected chi connectivity index (χ3v) is 3.85. The zero-order valence-corrected chi connectivity index (χ0v) is 8.87. The minimum atomic E-state index is 0.376. The van der Waals surface area contributed by atoms with Crippen LogP contribution in [0.1, 0.15) is 37.2 Å². The number of aromatic nitrogens is 1. The van der Waals surface area contributed by atoms with Gasteiger partial charge in [-0.1, -0.05) is 6.07 Å². The second kappa shape index (κ2) is 3.58. The number of nitrogens with zero attached hydrogens (tertiary/aromatic N) is 1. The number of rotatable bonds is 1. The Bertz CT molecular complexity index is 330. The fourth-order valence-corrected chi connectivity index (χ4v) is 2.98. The molecule has 3 heteroatoms. The van der Waals surface area contributed by atoms with E-state index in [1.54, 1.807) is 0 Å². The smallest absolute Gasteiger partial charge is 0.0342 e. The fourth-order valence-electron chi connectivity index (χ4n) is 2.98. The Morgan fingerprint density at radius 2 is 2.40 bits per heavy atom. The van der Waals surface area contributed by atoms with Gasteiger partial charge >= 0.3 is 0 Å². The minimum absolute atomic E-state index is 0.376. The summed E-state index contributed by atoms with van der Waals surface area (Å²) in [6, 6.07) is 4.25. The molecule has 2 fully saturated rings. The molecular weight excluding hydrogens is 186 g/mol. The lowest BCUT2D eigenvalue weighted by molar-refractivity contribution is 0.362. The molecule has 0 amide bonds. The molecule has 0 bridgehead atoms. The van der Waals surface area contributed by atoms with Crippen molar-refractivity contribution in [3.63, 3.8) is 0 Å². The van der Waals surface area contributed by atoms with E-state index < -0.39 is 0 Å². The molecule has 2 N–H and O–H groups in total. The summed E-state index contributed by atoms with van der Waals surface area (Å²) < 4.78 is 0. The van der Waals surface area contributed by atoms with Crippen LogP contribution in [0.5, 0.6) is 0 Å².